The van der Waals surface area contributed by atoms with Gasteiger partial charge in [-0.25, -0.2) is 4.98 Å². The minimum absolute atomic E-state index is 0.0122. The maximum atomic E-state index is 13.2. The van der Waals surface area contributed by atoms with Crippen molar-refractivity contribution in [3.8, 4) is 5.69 Å². The molecule has 1 aliphatic heterocycles. The van der Waals surface area contributed by atoms with Crippen molar-refractivity contribution >= 4 is 23.2 Å². The molecule has 0 bridgehead atoms. The summed E-state index contributed by atoms with van der Waals surface area (Å²) in [6, 6.07) is 14.8. The summed E-state index contributed by atoms with van der Waals surface area (Å²) in [5.41, 5.74) is 3.45. The Bertz CT molecular complexity index is 1070. The van der Waals surface area contributed by atoms with Gasteiger partial charge in [0.2, 0.25) is 5.71 Å². The Balaban J connectivity index is 1.97. The van der Waals surface area contributed by atoms with Crippen LogP contribution < -0.4 is 5.32 Å². The number of halogens is 1. The van der Waals surface area contributed by atoms with Gasteiger partial charge >= 0.3 is 0 Å². The standard InChI is InChI=1S/C20H17ClN4O2/c1-2-22-20(26)18-17-11-25(27)19(13-7-3-5-9-15(13)21)14-8-4-6-10-16(14)24(17)12-23-18/h3-10,12H,2,11H2,1H3,(H,22,26). The maximum Gasteiger partial charge on any atom is 0.272 e. The van der Waals surface area contributed by atoms with E-state index in [0.29, 0.717) is 28.5 Å². The molecule has 4 rings (SSSR count). The van der Waals surface area contributed by atoms with E-state index >= 15 is 0 Å². The van der Waals surface area contributed by atoms with Crippen LogP contribution in [0.2, 0.25) is 5.02 Å². The first-order valence-corrected chi connectivity index (χ1v) is 9.00. The molecular weight excluding hydrogens is 364 g/mol. The van der Waals surface area contributed by atoms with Gasteiger partial charge in [0.05, 0.1) is 21.8 Å². The van der Waals surface area contributed by atoms with Gasteiger partial charge in [-0.1, -0.05) is 35.9 Å². The molecule has 2 heterocycles. The second-order valence-corrected chi connectivity index (χ2v) is 6.56. The largest absolute Gasteiger partial charge is 0.623 e. The van der Waals surface area contributed by atoms with Gasteiger partial charge in [0, 0.05) is 6.54 Å². The van der Waals surface area contributed by atoms with Crippen LogP contribution in [-0.4, -0.2) is 32.5 Å². The van der Waals surface area contributed by atoms with Crippen molar-refractivity contribution in [1.82, 2.24) is 14.9 Å². The number of hydrogen-bond acceptors (Lipinski definition) is 3. The number of para-hydroxylation sites is 1. The Labute approximate surface area is 161 Å². The summed E-state index contributed by atoms with van der Waals surface area (Å²) in [4.78, 5) is 16.6. The SMILES string of the molecule is CCNC(=O)c1ncn2c1C[N+]([O-])=C(c1ccccc1Cl)c1ccccc1-2. The van der Waals surface area contributed by atoms with Gasteiger partial charge in [-0.15, -0.1) is 0 Å². The number of rotatable bonds is 3. The predicted molar refractivity (Wildman–Crippen MR) is 104 cm³/mol. The van der Waals surface area contributed by atoms with Crippen LogP contribution in [0.3, 0.4) is 0 Å². The number of carbonyl (C=O) groups is 1. The molecule has 27 heavy (non-hydrogen) atoms. The molecule has 0 fully saturated rings. The van der Waals surface area contributed by atoms with E-state index < -0.39 is 0 Å². The molecule has 7 heteroatoms. The van der Waals surface area contributed by atoms with Crippen LogP contribution >= 0.6 is 11.6 Å². The minimum Gasteiger partial charge on any atom is -0.623 e. The van der Waals surface area contributed by atoms with Crippen molar-refractivity contribution in [3.05, 3.63) is 87.6 Å². The fourth-order valence-electron chi connectivity index (χ4n) is 3.33. The summed E-state index contributed by atoms with van der Waals surface area (Å²) in [6.07, 6.45) is 1.59. The molecule has 0 saturated heterocycles. The van der Waals surface area contributed by atoms with E-state index in [-0.39, 0.29) is 18.1 Å². The molecule has 1 aromatic heterocycles. The zero-order chi connectivity index (χ0) is 19.0. The molecule has 0 spiro atoms. The lowest BCUT2D eigenvalue weighted by Crippen LogP contribution is -2.25. The van der Waals surface area contributed by atoms with Gasteiger partial charge < -0.3 is 10.5 Å². The summed E-state index contributed by atoms with van der Waals surface area (Å²) >= 11 is 6.38. The van der Waals surface area contributed by atoms with E-state index in [4.69, 9.17) is 11.6 Å². The third-order valence-electron chi connectivity index (χ3n) is 4.51. The minimum atomic E-state index is -0.293. The van der Waals surface area contributed by atoms with E-state index in [1.54, 1.807) is 17.0 Å². The van der Waals surface area contributed by atoms with Crippen LogP contribution in [0.5, 0.6) is 0 Å². The fourth-order valence-corrected chi connectivity index (χ4v) is 3.56. The zero-order valence-corrected chi connectivity index (χ0v) is 15.4. The predicted octanol–water partition coefficient (Wildman–Crippen LogP) is 3.14. The monoisotopic (exact) mass is 380 g/mol. The first-order valence-electron chi connectivity index (χ1n) is 8.62. The van der Waals surface area contributed by atoms with Crippen molar-refractivity contribution in [2.75, 3.05) is 6.54 Å². The third kappa shape index (κ3) is 2.88. The molecule has 0 saturated carbocycles. The number of nitrogens with zero attached hydrogens (tertiary/aromatic N) is 3. The van der Waals surface area contributed by atoms with E-state index in [9.17, 15) is 10.0 Å². The van der Waals surface area contributed by atoms with E-state index in [0.717, 1.165) is 16.0 Å². The van der Waals surface area contributed by atoms with E-state index in [1.807, 2.05) is 49.4 Å². The highest BCUT2D eigenvalue weighted by Gasteiger charge is 2.30. The highest BCUT2D eigenvalue weighted by atomic mass is 35.5. The molecule has 2 aromatic carbocycles. The Morgan fingerprint density at radius 1 is 1.22 bits per heavy atom. The van der Waals surface area contributed by atoms with Gasteiger partial charge in [0.25, 0.3) is 5.91 Å². The maximum absolute atomic E-state index is 13.2. The van der Waals surface area contributed by atoms with Gasteiger partial charge in [0.15, 0.2) is 12.2 Å². The smallest absolute Gasteiger partial charge is 0.272 e. The number of benzene rings is 2. The van der Waals surface area contributed by atoms with Crippen LogP contribution in [0.1, 0.15) is 34.2 Å². The first-order chi connectivity index (χ1) is 13.1. The van der Waals surface area contributed by atoms with Gasteiger partial charge in [-0.3, -0.25) is 9.36 Å². The van der Waals surface area contributed by atoms with Crippen molar-refractivity contribution < 1.29 is 9.53 Å². The summed E-state index contributed by atoms with van der Waals surface area (Å²) in [5, 5.41) is 16.4. The molecular formula is C20H17ClN4O2. The molecule has 1 aliphatic rings. The van der Waals surface area contributed by atoms with Crippen LogP contribution in [0.25, 0.3) is 5.69 Å². The number of carbonyl (C=O) groups excluding carboxylic acids is 1. The summed E-state index contributed by atoms with van der Waals surface area (Å²) < 4.78 is 2.68. The highest BCUT2D eigenvalue weighted by molar-refractivity contribution is 6.35. The lowest BCUT2D eigenvalue weighted by atomic mass is 10.0. The van der Waals surface area contributed by atoms with Crippen LogP contribution in [-0.2, 0) is 6.54 Å². The van der Waals surface area contributed by atoms with Gasteiger partial charge in [-0.2, -0.15) is 4.74 Å². The molecule has 6 nitrogen and oxygen atoms in total. The number of imidazole rings is 1. The van der Waals surface area contributed by atoms with Crippen molar-refractivity contribution in [2.45, 2.75) is 13.5 Å². The fraction of sp³-hybridized carbons (Fsp3) is 0.150. The number of hydrogen-bond donors (Lipinski definition) is 1. The molecule has 0 atom stereocenters. The normalized spacial score (nSPS) is 13.0. The zero-order valence-electron chi connectivity index (χ0n) is 14.6. The number of fused-ring (bicyclic) bond motifs is 3. The van der Waals surface area contributed by atoms with Gasteiger partial charge in [0.1, 0.15) is 12.0 Å². The molecule has 0 unspecified atom stereocenters. The van der Waals surface area contributed by atoms with Crippen molar-refractivity contribution in [3.63, 3.8) is 0 Å². The molecule has 3 aromatic rings. The second kappa shape index (κ2) is 6.89. The number of hydroxylamine groups is 1. The Kier molecular flexibility index (Phi) is 4.41. The third-order valence-corrected chi connectivity index (χ3v) is 4.84. The van der Waals surface area contributed by atoms with Gasteiger partial charge in [-0.05, 0) is 31.2 Å². The average molecular weight is 381 g/mol. The van der Waals surface area contributed by atoms with Crippen molar-refractivity contribution in [2.24, 2.45) is 0 Å². The van der Waals surface area contributed by atoms with Crippen LogP contribution in [0.15, 0.2) is 54.9 Å². The van der Waals surface area contributed by atoms with Crippen LogP contribution in [0.4, 0.5) is 0 Å². The Morgan fingerprint density at radius 3 is 2.67 bits per heavy atom. The Morgan fingerprint density at radius 2 is 1.93 bits per heavy atom. The molecule has 0 radical (unpaired) electrons. The molecule has 136 valence electrons. The lowest BCUT2D eigenvalue weighted by Gasteiger charge is -2.11. The molecule has 0 aliphatic carbocycles. The first kappa shape index (κ1) is 17.3. The quantitative estimate of drug-likeness (QED) is 0.560. The highest BCUT2D eigenvalue weighted by Crippen LogP contribution is 2.28. The van der Waals surface area contributed by atoms with Crippen LogP contribution in [0, 0.1) is 5.21 Å². The van der Waals surface area contributed by atoms with E-state index in [1.165, 1.54) is 0 Å². The number of amides is 1. The Hall–Kier alpha value is -3.12. The summed E-state index contributed by atoms with van der Waals surface area (Å²) in [5.74, 6) is -0.293. The van der Waals surface area contributed by atoms with E-state index in [2.05, 4.69) is 10.3 Å². The average Bonchev–Trinajstić information content (AvgIpc) is 3.02. The molecule has 1 amide bonds. The summed E-state index contributed by atoms with van der Waals surface area (Å²) in [7, 11) is 0. The second-order valence-electron chi connectivity index (χ2n) is 6.15. The number of nitrogens with one attached hydrogen (secondary N) is 1. The lowest BCUT2D eigenvalue weighted by molar-refractivity contribution is -0.474. The summed E-state index contributed by atoms with van der Waals surface area (Å²) in [6.45, 7) is 2.31. The number of aromatic nitrogens is 2. The molecule has 1 N–H and O–H groups in total. The van der Waals surface area contributed by atoms with Crippen molar-refractivity contribution in [1.29, 1.82) is 0 Å². The topological polar surface area (TPSA) is 73.0 Å².